The molecular formula is C11H12F2N2O5. The number of nitro benzene ring substituents is 1. The molecule has 2 N–H and O–H groups in total. The van der Waals surface area contributed by atoms with Crippen LogP contribution in [0.2, 0.25) is 0 Å². The van der Waals surface area contributed by atoms with Gasteiger partial charge in [0.15, 0.2) is 12.4 Å². The Labute approximate surface area is 112 Å². The van der Waals surface area contributed by atoms with Crippen molar-refractivity contribution in [2.45, 2.75) is 12.5 Å². The van der Waals surface area contributed by atoms with Crippen LogP contribution >= 0.6 is 0 Å². The van der Waals surface area contributed by atoms with Crippen molar-refractivity contribution in [3.8, 4) is 5.75 Å². The minimum absolute atomic E-state index is 0.109. The Balaban J connectivity index is 2.47. The van der Waals surface area contributed by atoms with Crippen molar-refractivity contribution in [1.29, 1.82) is 0 Å². The molecule has 0 aliphatic rings. The first-order chi connectivity index (χ1) is 9.41. The van der Waals surface area contributed by atoms with Crippen LogP contribution in [0, 0.1) is 10.1 Å². The van der Waals surface area contributed by atoms with E-state index < -0.39 is 36.5 Å². The number of nitrogens with one attached hydrogen (secondary N) is 1. The number of aliphatic hydroxyl groups is 1. The monoisotopic (exact) mass is 290 g/mol. The summed E-state index contributed by atoms with van der Waals surface area (Å²) in [5, 5.41) is 21.5. The average Bonchev–Trinajstić information content (AvgIpc) is 2.42. The zero-order chi connectivity index (χ0) is 15.1. The number of rotatable bonds is 7. The first-order valence-corrected chi connectivity index (χ1v) is 5.51. The first-order valence-electron chi connectivity index (χ1n) is 5.51. The summed E-state index contributed by atoms with van der Waals surface area (Å²) in [4.78, 5) is 21.3. The predicted molar refractivity (Wildman–Crippen MR) is 63.6 cm³/mol. The molecule has 0 aliphatic carbocycles. The van der Waals surface area contributed by atoms with Crippen LogP contribution in [-0.4, -0.2) is 41.6 Å². The largest absolute Gasteiger partial charge is 0.477 e. The molecule has 110 valence electrons. The second-order valence-corrected chi connectivity index (χ2v) is 3.72. The summed E-state index contributed by atoms with van der Waals surface area (Å²) in [7, 11) is 0. The van der Waals surface area contributed by atoms with E-state index in [1.807, 2.05) is 5.32 Å². The van der Waals surface area contributed by atoms with Gasteiger partial charge in [-0.1, -0.05) is 12.1 Å². The summed E-state index contributed by atoms with van der Waals surface area (Å²) in [5.74, 6) is -0.884. The highest BCUT2D eigenvalue weighted by Crippen LogP contribution is 2.25. The molecule has 0 spiro atoms. The van der Waals surface area contributed by atoms with E-state index in [4.69, 9.17) is 9.84 Å². The van der Waals surface area contributed by atoms with Gasteiger partial charge in [0, 0.05) is 12.6 Å². The normalized spacial score (nSPS) is 12.0. The summed E-state index contributed by atoms with van der Waals surface area (Å²) in [6.07, 6.45) is -4.93. The molecule has 1 atom stereocenters. The number of halogens is 2. The van der Waals surface area contributed by atoms with Gasteiger partial charge in [0.05, 0.1) is 4.92 Å². The van der Waals surface area contributed by atoms with Gasteiger partial charge in [-0.25, -0.2) is 8.78 Å². The number of hydrogen-bond donors (Lipinski definition) is 2. The van der Waals surface area contributed by atoms with Gasteiger partial charge in [0.2, 0.25) is 0 Å². The molecule has 0 bridgehead atoms. The van der Waals surface area contributed by atoms with Crippen LogP contribution in [-0.2, 0) is 4.79 Å². The predicted octanol–water partition coefficient (Wildman–Crippen LogP) is 0.716. The van der Waals surface area contributed by atoms with E-state index in [9.17, 15) is 23.7 Å². The van der Waals surface area contributed by atoms with Crippen molar-refractivity contribution in [3.05, 3.63) is 34.4 Å². The summed E-state index contributed by atoms with van der Waals surface area (Å²) >= 11 is 0. The zero-order valence-electron chi connectivity index (χ0n) is 10.2. The fraction of sp³-hybridized carbons (Fsp3) is 0.364. The van der Waals surface area contributed by atoms with Gasteiger partial charge in [-0.3, -0.25) is 14.9 Å². The van der Waals surface area contributed by atoms with Gasteiger partial charge in [-0.15, -0.1) is 0 Å². The van der Waals surface area contributed by atoms with E-state index in [2.05, 4.69) is 0 Å². The van der Waals surface area contributed by atoms with E-state index in [-0.39, 0.29) is 11.4 Å². The Morgan fingerprint density at radius 1 is 1.45 bits per heavy atom. The number of para-hydroxylation sites is 2. The number of alkyl halides is 2. The molecule has 0 aliphatic heterocycles. The molecule has 0 aromatic heterocycles. The van der Waals surface area contributed by atoms with Crippen LogP contribution in [0.5, 0.6) is 5.75 Å². The molecule has 0 saturated carbocycles. The average molecular weight is 290 g/mol. The van der Waals surface area contributed by atoms with Gasteiger partial charge in [-0.05, 0) is 6.07 Å². The molecule has 1 rings (SSSR count). The highest BCUT2D eigenvalue weighted by atomic mass is 19.3. The SMILES string of the molecule is O=C(COc1ccccc1[N+](=O)[O-])NCC(O)C(F)F. The Morgan fingerprint density at radius 3 is 2.70 bits per heavy atom. The Hall–Kier alpha value is -2.29. The maximum Gasteiger partial charge on any atom is 0.310 e. The molecule has 20 heavy (non-hydrogen) atoms. The van der Waals surface area contributed by atoms with Crippen LogP contribution in [0.15, 0.2) is 24.3 Å². The Morgan fingerprint density at radius 2 is 2.10 bits per heavy atom. The number of carbonyl (C=O) groups excluding carboxylic acids is 1. The molecule has 0 saturated heterocycles. The Bertz CT molecular complexity index is 484. The van der Waals surface area contributed by atoms with Gasteiger partial charge in [0.1, 0.15) is 6.10 Å². The Kier molecular flexibility index (Phi) is 5.78. The maximum absolute atomic E-state index is 12.0. The summed E-state index contributed by atoms with van der Waals surface area (Å²) in [6.45, 7) is -1.21. The smallest absolute Gasteiger partial charge is 0.310 e. The summed E-state index contributed by atoms with van der Waals surface area (Å²) in [6, 6.07) is 5.43. The number of nitrogens with zero attached hydrogens (tertiary/aromatic N) is 1. The third kappa shape index (κ3) is 4.76. The molecular weight excluding hydrogens is 278 g/mol. The standard InChI is InChI=1S/C11H12F2N2O5/c12-11(13)8(16)5-14-10(17)6-20-9-4-2-1-3-7(9)15(18)19/h1-4,8,11,16H,5-6H2,(H,14,17). The van der Waals surface area contributed by atoms with Gasteiger partial charge in [0.25, 0.3) is 12.3 Å². The summed E-state index contributed by atoms with van der Waals surface area (Å²) < 4.78 is 28.9. The van der Waals surface area contributed by atoms with Crippen LogP contribution in [0.4, 0.5) is 14.5 Å². The van der Waals surface area contributed by atoms with Crippen molar-refractivity contribution >= 4 is 11.6 Å². The second-order valence-electron chi connectivity index (χ2n) is 3.72. The molecule has 0 radical (unpaired) electrons. The van der Waals surface area contributed by atoms with Gasteiger partial charge in [-0.2, -0.15) is 0 Å². The van der Waals surface area contributed by atoms with Crippen LogP contribution in [0.25, 0.3) is 0 Å². The van der Waals surface area contributed by atoms with Crippen LogP contribution in [0.1, 0.15) is 0 Å². The fourth-order valence-corrected chi connectivity index (χ4v) is 1.23. The molecule has 1 amide bonds. The minimum atomic E-state index is -2.97. The van der Waals surface area contributed by atoms with E-state index in [1.165, 1.54) is 24.3 Å². The lowest BCUT2D eigenvalue weighted by Crippen LogP contribution is -2.38. The zero-order valence-corrected chi connectivity index (χ0v) is 10.2. The van der Waals surface area contributed by atoms with E-state index in [0.29, 0.717) is 0 Å². The molecule has 7 nitrogen and oxygen atoms in total. The number of amides is 1. The van der Waals surface area contributed by atoms with Crippen LogP contribution < -0.4 is 10.1 Å². The second kappa shape index (κ2) is 7.34. The molecule has 1 unspecified atom stereocenters. The van der Waals surface area contributed by atoms with Crippen LogP contribution in [0.3, 0.4) is 0 Å². The number of aliphatic hydroxyl groups excluding tert-OH is 1. The minimum Gasteiger partial charge on any atom is -0.477 e. The molecule has 1 aromatic rings. The maximum atomic E-state index is 12.0. The highest BCUT2D eigenvalue weighted by Gasteiger charge is 2.18. The summed E-state index contributed by atoms with van der Waals surface area (Å²) in [5.41, 5.74) is -0.312. The highest BCUT2D eigenvalue weighted by molar-refractivity contribution is 5.77. The topological polar surface area (TPSA) is 102 Å². The van der Waals surface area contributed by atoms with Crippen molar-refractivity contribution in [3.63, 3.8) is 0 Å². The lowest BCUT2D eigenvalue weighted by atomic mass is 10.3. The van der Waals surface area contributed by atoms with E-state index in [0.717, 1.165) is 0 Å². The first kappa shape index (κ1) is 15.8. The lowest BCUT2D eigenvalue weighted by molar-refractivity contribution is -0.385. The van der Waals surface area contributed by atoms with Crippen molar-refractivity contribution in [2.24, 2.45) is 0 Å². The van der Waals surface area contributed by atoms with Crippen molar-refractivity contribution in [1.82, 2.24) is 5.32 Å². The van der Waals surface area contributed by atoms with Gasteiger partial charge < -0.3 is 15.2 Å². The van der Waals surface area contributed by atoms with E-state index in [1.54, 1.807) is 0 Å². The van der Waals surface area contributed by atoms with Crippen molar-refractivity contribution in [2.75, 3.05) is 13.2 Å². The number of carbonyl (C=O) groups is 1. The lowest BCUT2D eigenvalue weighted by Gasteiger charge is -2.11. The number of hydrogen-bond acceptors (Lipinski definition) is 5. The number of ether oxygens (including phenoxy) is 1. The third-order valence-corrected chi connectivity index (χ3v) is 2.22. The quantitative estimate of drug-likeness (QED) is 0.569. The van der Waals surface area contributed by atoms with Gasteiger partial charge >= 0.3 is 5.69 Å². The van der Waals surface area contributed by atoms with Crippen molar-refractivity contribution < 1.29 is 28.3 Å². The molecule has 1 aromatic carbocycles. The van der Waals surface area contributed by atoms with E-state index >= 15 is 0 Å². The number of nitro groups is 1. The fourth-order valence-electron chi connectivity index (χ4n) is 1.23. The molecule has 0 heterocycles. The molecule has 9 heteroatoms. The molecule has 0 fully saturated rings. The number of benzene rings is 1. The third-order valence-electron chi connectivity index (χ3n) is 2.22.